The highest BCUT2D eigenvalue weighted by molar-refractivity contribution is 5.58. The molecule has 6 heteroatoms. The van der Waals surface area contributed by atoms with Crippen LogP contribution in [-0.4, -0.2) is 50.3 Å². The number of piperazine rings is 1. The normalized spacial score (nSPS) is 14.0. The van der Waals surface area contributed by atoms with Gasteiger partial charge in [0.25, 0.3) is 0 Å². The summed E-state index contributed by atoms with van der Waals surface area (Å²) < 4.78 is 5.26. The molecule has 1 aliphatic heterocycles. The first-order valence-electron chi connectivity index (χ1n) is 9.92. The SMILES string of the molecule is COc1ccc(N2CCN(c3cc(C)nc(N(C)c4ccccc4)n3)CC2)cc1. The number of ether oxygens (including phenoxy) is 1. The van der Waals surface area contributed by atoms with Crippen molar-refractivity contribution in [2.24, 2.45) is 0 Å². The lowest BCUT2D eigenvalue weighted by Gasteiger charge is -2.37. The maximum atomic E-state index is 5.26. The van der Waals surface area contributed by atoms with E-state index < -0.39 is 0 Å². The first kappa shape index (κ1) is 19.1. The first-order chi connectivity index (χ1) is 14.1. The molecule has 1 aliphatic rings. The van der Waals surface area contributed by atoms with E-state index in [9.17, 15) is 0 Å². The predicted octanol–water partition coefficient (Wildman–Crippen LogP) is 3.89. The molecule has 4 rings (SSSR count). The van der Waals surface area contributed by atoms with Crippen LogP contribution in [0.2, 0.25) is 0 Å². The van der Waals surface area contributed by atoms with Gasteiger partial charge in [0, 0.05) is 56.4 Å². The summed E-state index contributed by atoms with van der Waals surface area (Å²) in [5.41, 5.74) is 3.28. The molecule has 0 amide bonds. The number of hydrogen-bond acceptors (Lipinski definition) is 6. The summed E-state index contributed by atoms with van der Waals surface area (Å²) in [6.07, 6.45) is 0. The van der Waals surface area contributed by atoms with Crippen LogP contribution in [0.1, 0.15) is 5.69 Å². The van der Waals surface area contributed by atoms with E-state index in [-0.39, 0.29) is 0 Å². The van der Waals surface area contributed by atoms with Crippen LogP contribution < -0.4 is 19.4 Å². The van der Waals surface area contributed by atoms with Gasteiger partial charge in [0.15, 0.2) is 0 Å². The summed E-state index contributed by atoms with van der Waals surface area (Å²) in [6.45, 7) is 5.80. The van der Waals surface area contributed by atoms with Gasteiger partial charge in [-0.25, -0.2) is 4.98 Å². The van der Waals surface area contributed by atoms with Crippen LogP contribution in [0, 0.1) is 6.92 Å². The molecule has 6 nitrogen and oxygen atoms in total. The fourth-order valence-electron chi connectivity index (χ4n) is 3.60. The fraction of sp³-hybridized carbons (Fsp3) is 0.304. The Morgan fingerprint density at radius 1 is 0.862 bits per heavy atom. The number of hydrogen-bond donors (Lipinski definition) is 0. The molecule has 0 aliphatic carbocycles. The molecule has 1 aromatic heterocycles. The lowest BCUT2D eigenvalue weighted by atomic mass is 10.2. The van der Waals surface area contributed by atoms with Crippen molar-refractivity contribution in [2.45, 2.75) is 6.92 Å². The number of benzene rings is 2. The highest BCUT2D eigenvalue weighted by Crippen LogP contribution is 2.25. The Kier molecular flexibility index (Phi) is 5.51. The van der Waals surface area contributed by atoms with Crippen LogP contribution in [0.3, 0.4) is 0 Å². The maximum Gasteiger partial charge on any atom is 0.231 e. The van der Waals surface area contributed by atoms with Crippen molar-refractivity contribution in [1.29, 1.82) is 0 Å². The monoisotopic (exact) mass is 389 g/mol. The third kappa shape index (κ3) is 4.26. The van der Waals surface area contributed by atoms with Gasteiger partial charge in [0.2, 0.25) is 5.95 Å². The zero-order chi connectivity index (χ0) is 20.2. The Morgan fingerprint density at radius 2 is 1.52 bits per heavy atom. The third-order valence-corrected chi connectivity index (χ3v) is 5.31. The van der Waals surface area contributed by atoms with E-state index in [1.165, 1.54) is 5.69 Å². The zero-order valence-corrected chi connectivity index (χ0v) is 17.2. The molecule has 1 saturated heterocycles. The lowest BCUT2D eigenvalue weighted by Crippen LogP contribution is -2.47. The fourth-order valence-corrected chi connectivity index (χ4v) is 3.60. The summed E-state index contributed by atoms with van der Waals surface area (Å²) >= 11 is 0. The number of aromatic nitrogens is 2. The average Bonchev–Trinajstić information content (AvgIpc) is 2.79. The number of nitrogens with zero attached hydrogens (tertiary/aromatic N) is 5. The molecule has 2 aromatic carbocycles. The maximum absolute atomic E-state index is 5.26. The van der Waals surface area contributed by atoms with Crippen molar-refractivity contribution in [2.75, 3.05) is 55.0 Å². The molecule has 0 atom stereocenters. The topological polar surface area (TPSA) is 44.7 Å². The number of rotatable bonds is 5. The van der Waals surface area contributed by atoms with E-state index >= 15 is 0 Å². The summed E-state index contributed by atoms with van der Waals surface area (Å²) in [6, 6.07) is 20.6. The minimum atomic E-state index is 0.726. The molecule has 0 N–H and O–H groups in total. The number of para-hydroxylation sites is 1. The molecule has 0 radical (unpaired) electrons. The van der Waals surface area contributed by atoms with Gasteiger partial charge < -0.3 is 19.4 Å². The molecule has 150 valence electrons. The smallest absolute Gasteiger partial charge is 0.231 e. The van der Waals surface area contributed by atoms with Gasteiger partial charge in [0.05, 0.1) is 7.11 Å². The second-order valence-corrected chi connectivity index (χ2v) is 7.23. The second kappa shape index (κ2) is 8.39. The molecule has 1 fully saturated rings. The highest BCUT2D eigenvalue weighted by Gasteiger charge is 2.20. The van der Waals surface area contributed by atoms with Gasteiger partial charge >= 0.3 is 0 Å². The zero-order valence-electron chi connectivity index (χ0n) is 17.2. The second-order valence-electron chi connectivity index (χ2n) is 7.23. The Balaban J connectivity index is 1.47. The minimum Gasteiger partial charge on any atom is -0.497 e. The summed E-state index contributed by atoms with van der Waals surface area (Å²) in [4.78, 5) is 16.3. The van der Waals surface area contributed by atoms with Crippen molar-refractivity contribution >= 4 is 23.1 Å². The van der Waals surface area contributed by atoms with Crippen molar-refractivity contribution in [3.8, 4) is 5.75 Å². The van der Waals surface area contributed by atoms with Gasteiger partial charge in [-0.2, -0.15) is 4.98 Å². The van der Waals surface area contributed by atoms with Crippen LogP contribution in [0.15, 0.2) is 60.7 Å². The molecule has 3 aromatic rings. The Bertz CT molecular complexity index is 937. The predicted molar refractivity (Wildman–Crippen MR) is 119 cm³/mol. The molecule has 2 heterocycles. The quantitative estimate of drug-likeness (QED) is 0.660. The molecule has 0 saturated carbocycles. The summed E-state index contributed by atoms with van der Waals surface area (Å²) in [5.74, 6) is 2.60. The van der Waals surface area contributed by atoms with Crippen molar-refractivity contribution in [3.05, 3.63) is 66.4 Å². The summed E-state index contributed by atoms with van der Waals surface area (Å²) in [7, 11) is 3.70. The van der Waals surface area contributed by atoms with E-state index in [0.717, 1.165) is 55.1 Å². The molecule has 29 heavy (non-hydrogen) atoms. The van der Waals surface area contributed by atoms with Crippen molar-refractivity contribution in [1.82, 2.24) is 9.97 Å². The van der Waals surface area contributed by atoms with Crippen LogP contribution in [0.4, 0.5) is 23.1 Å². The van der Waals surface area contributed by atoms with Crippen molar-refractivity contribution < 1.29 is 4.74 Å². The van der Waals surface area contributed by atoms with E-state index in [1.807, 2.05) is 49.2 Å². The van der Waals surface area contributed by atoms with Crippen molar-refractivity contribution in [3.63, 3.8) is 0 Å². The van der Waals surface area contributed by atoms with Gasteiger partial charge in [-0.15, -0.1) is 0 Å². The van der Waals surface area contributed by atoms with Crippen LogP contribution in [-0.2, 0) is 0 Å². The molecular formula is C23H27N5O. The highest BCUT2D eigenvalue weighted by atomic mass is 16.5. The van der Waals surface area contributed by atoms with Gasteiger partial charge in [0.1, 0.15) is 11.6 Å². The minimum absolute atomic E-state index is 0.726. The van der Waals surface area contributed by atoms with Gasteiger partial charge in [-0.3, -0.25) is 0 Å². The van der Waals surface area contributed by atoms with E-state index in [2.05, 4.69) is 45.1 Å². The summed E-state index contributed by atoms with van der Waals surface area (Å²) in [5, 5.41) is 0. The molecule has 0 unspecified atom stereocenters. The third-order valence-electron chi connectivity index (χ3n) is 5.31. The van der Waals surface area contributed by atoms with Crippen LogP contribution in [0.25, 0.3) is 0 Å². The first-order valence-corrected chi connectivity index (χ1v) is 9.92. The number of methoxy groups -OCH3 is 1. The van der Waals surface area contributed by atoms with E-state index in [4.69, 9.17) is 9.72 Å². The van der Waals surface area contributed by atoms with E-state index in [0.29, 0.717) is 0 Å². The number of aryl methyl sites for hydroxylation is 1. The van der Waals surface area contributed by atoms with E-state index in [1.54, 1.807) is 7.11 Å². The molecule has 0 spiro atoms. The number of anilines is 4. The lowest BCUT2D eigenvalue weighted by molar-refractivity contribution is 0.415. The Morgan fingerprint density at radius 3 is 2.17 bits per heavy atom. The Labute approximate surface area is 172 Å². The van der Waals surface area contributed by atoms with Gasteiger partial charge in [-0.05, 0) is 43.3 Å². The molecule has 0 bridgehead atoms. The standard InChI is InChI=1S/C23H27N5O/c1-18-17-22(25-23(24-18)26(2)19-7-5-4-6-8-19)28-15-13-27(14-16-28)20-9-11-21(29-3)12-10-20/h4-12,17H,13-16H2,1-3H3. The van der Waals surface area contributed by atoms with Crippen LogP contribution >= 0.6 is 0 Å². The van der Waals surface area contributed by atoms with Crippen LogP contribution in [0.5, 0.6) is 5.75 Å². The molecular weight excluding hydrogens is 362 g/mol. The average molecular weight is 390 g/mol. The Hall–Kier alpha value is -3.28. The van der Waals surface area contributed by atoms with Gasteiger partial charge in [-0.1, -0.05) is 18.2 Å². The largest absolute Gasteiger partial charge is 0.497 e.